The molecule has 0 aliphatic rings. The van der Waals surface area contributed by atoms with Crippen molar-refractivity contribution in [1.29, 1.82) is 0 Å². The molecule has 14 heavy (non-hydrogen) atoms. The lowest BCUT2D eigenvalue weighted by atomic mass is 10.1. The van der Waals surface area contributed by atoms with Crippen LogP contribution < -0.4 is 0 Å². The van der Waals surface area contributed by atoms with Crippen LogP contribution in [0.15, 0.2) is 4.42 Å². The number of oxazole rings is 1. The monoisotopic (exact) mass is 197 g/mol. The normalized spacial score (nSPS) is 10.9. The SMILES string of the molecule is CCc1nc(CC(=O)O)oc1C(C)C. The highest BCUT2D eigenvalue weighted by Crippen LogP contribution is 2.21. The highest BCUT2D eigenvalue weighted by atomic mass is 16.4. The van der Waals surface area contributed by atoms with Crippen molar-refractivity contribution in [3.05, 3.63) is 17.3 Å². The Labute approximate surface area is 83.0 Å². The number of hydrogen-bond donors (Lipinski definition) is 1. The van der Waals surface area contributed by atoms with Crippen LogP contribution in [-0.4, -0.2) is 16.1 Å². The molecule has 0 radical (unpaired) electrons. The molecule has 0 aromatic carbocycles. The van der Waals surface area contributed by atoms with Gasteiger partial charge in [0.05, 0.1) is 5.69 Å². The fraction of sp³-hybridized carbons (Fsp3) is 0.600. The number of aliphatic carboxylic acids is 1. The van der Waals surface area contributed by atoms with Gasteiger partial charge < -0.3 is 9.52 Å². The number of nitrogens with zero attached hydrogens (tertiary/aromatic N) is 1. The average molecular weight is 197 g/mol. The van der Waals surface area contributed by atoms with Gasteiger partial charge in [0, 0.05) is 5.92 Å². The molecule has 1 aromatic rings. The fourth-order valence-electron chi connectivity index (χ4n) is 1.32. The van der Waals surface area contributed by atoms with Crippen LogP contribution in [0.25, 0.3) is 0 Å². The van der Waals surface area contributed by atoms with Gasteiger partial charge in [0.2, 0.25) is 5.89 Å². The Kier molecular flexibility index (Phi) is 3.28. The van der Waals surface area contributed by atoms with E-state index < -0.39 is 5.97 Å². The lowest BCUT2D eigenvalue weighted by Crippen LogP contribution is -2.00. The topological polar surface area (TPSA) is 63.3 Å². The number of carboxylic acids is 1. The summed E-state index contributed by atoms with van der Waals surface area (Å²) in [5.41, 5.74) is 0.872. The second kappa shape index (κ2) is 4.26. The number of rotatable bonds is 4. The van der Waals surface area contributed by atoms with Gasteiger partial charge in [-0.15, -0.1) is 0 Å². The second-order valence-corrected chi connectivity index (χ2v) is 3.50. The first-order valence-electron chi connectivity index (χ1n) is 4.74. The first-order valence-corrected chi connectivity index (χ1v) is 4.74. The molecule has 1 N–H and O–H groups in total. The van der Waals surface area contributed by atoms with Crippen molar-refractivity contribution >= 4 is 5.97 Å². The molecule has 4 nitrogen and oxygen atoms in total. The molecule has 78 valence electrons. The third-order valence-corrected chi connectivity index (χ3v) is 1.93. The zero-order valence-corrected chi connectivity index (χ0v) is 8.70. The maximum Gasteiger partial charge on any atom is 0.312 e. The Morgan fingerprint density at radius 3 is 2.57 bits per heavy atom. The van der Waals surface area contributed by atoms with Crippen LogP contribution in [0.3, 0.4) is 0 Å². The predicted octanol–water partition coefficient (Wildman–Crippen LogP) is 1.99. The van der Waals surface area contributed by atoms with Gasteiger partial charge in [0.1, 0.15) is 12.2 Å². The molecule has 0 saturated heterocycles. The van der Waals surface area contributed by atoms with E-state index in [2.05, 4.69) is 4.98 Å². The molecule has 0 bridgehead atoms. The van der Waals surface area contributed by atoms with E-state index in [1.54, 1.807) is 0 Å². The molecule has 0 spiro atoms. The standard InChI is InChI=1S/C10H15NO3/c1-4-7-10(6(2)3)14-8(11-7)5-9(12)13/h6H,4-5H2,1-3H3,(H,12,13). The van der Waals surface area contributed by atoms with E-state index >= 15 is 0 Å². The predicted molar refractivity (Wildman–Crippen MR) is 51.3 cm³/mol. The van der Waals surface area contributed by atoms with Crippen LogP contribution in [0.1, 0.15) is 44.0 Å². The second-order valence-electron chi connectivity index (χ2n) is 3.50. The van der Waals surface area contributed by atoms with E-state index in [4.69, 9.17) is 9.52 Å². The molecule has 4 heteroatoms. The molecule has 0 aliphatic heterocycles. The largest absolute Gasteiger partial charge is 0.481 e. The molecular formula is C10H15NO3. The number of carboxylic acid groups (broad SMARTS) is 1. The Balaban J connectivity index is 2.94. The van der Waals surface area contributed by atoms with E-state index in [-0.39, 0.29) is 12.3 Å². The van der Waals surface area contributed by atoms with Gasteiger partial charge in [-0.2, -0.15) is 0 Å². The minimum atomic E-state index is -0.913. The van der Waals surface area contributed by atoms with E-state index in [0.717, 1.165) is 17.9 Å². The number of carbonyl (C=O) groups is 1. The van der Waals surface area contributed by atoms with Crippen LogP contribution in [0.5, 0.6) is 0 Å². The van der Waals surface area contributed by atoms with E-state index in [9.17, 15) is 4.79 Å². The van der Waals surface area contributed by atoms with E-state index in [0.29, 0.717) is 5.89 Å². The average Bonchev–Trinajstić information content (AvgIpc) is 2.46. The molecule has 0 atom stereocenters. The number of aromatic nitrogens is 1. The molecule has 0 fully saturated rings. The van der Waals surface area contributed by atoms with Crippen molar-refractivity contribution in [1.82, 2.24) is 4.98 Å². The molecule has 1 rings (SSSR count). The van der Waals surface area contributed by atoms with Gasteiger partial charge in [-0.25, -0.2) is 4.98 Å². The van der Waals surface area contributed by atoms with E-state index in [1.807, 2.05) is 20.8 Å². The van der Waals surface area contributed by atoms with Crippen molar-refractivity contribution in [2.45, 2.75) is 39.5 Å². The quantitative estimate of drug-likeness (QED) is 0.801. The maximum atomic E-state index is 10.4. The molecular weight excluding hydrogens is 182 g/mol. The third kappa shape index (κ3) is 2.34. The van der Waals surface area contributed by atoms with Crippen molar-refractivity contribution in [2.24, 2.45) is 0 Å². The Morgan fingerprint density at radius 1 is 1.57 bits per heavy atom. The van der Waals surface area contributed by atoms with Gasteiger partial charge in [0.25, 0.3) is 0 Å². The van der Waals surface area contributed by atoms with Crippen molar-refractivity contribution < 1.29 is 14.3 Å². The Bertz CT molecular complexity index is 328. The summed E-state index contributed by atoms with van der Waals surface area (Å²) < 4.78 is 5.39. The van der Waals surface area contributed by atoms with Gasteiger partial charge in [0.15, 0.2) is 0 Å². The lowest BCUT2D eigenvalue weighted by molar-refractivity contribution is -0.136. The van der Waals surface area contributed by atoms with Gasteiger partial charge in [-0.1, -0.05) is 20.8 Å². The summed E-state index contributed by atoms with van der Waals surface area (Å²) in [4.78, 5) is 14.6. The molecule has 0 saturated carbocycles. The zero-order chi connectivity index (χ0) is 10.7. The lowest BCUT2D eigenvalue weighted by Gasteiger charge is -2.00. The Hall–Kier alpha value is -1.32. The summed E-state index contributed by atoms with van der Waals surface area (Å²) in [5, 5.41) is 8.58. The molecule has 1 heterocycles. The van der Waals surface area contributed by atoms with Crippen LogP contribution >= 0.6 is 0 Å². The minimum Gasteiger partial charge on any atom is -0.481 e. The molecule has 1 aromatic heterocycles. The summed E-state index contributed by atoms with van der Waals surface area (Å²) in [6.07, 6.45) is 0.635. The van der Waals surface area contributed by atoms with E-state index in [1.165, 1.54) is 0 Å². The first-order chi connectivity index (χ1) is 6.54. The van der Waals surface area contributed by atoms with Crippen LogP contribution in [0, 0.1) is 0 Å². The fourth-order valence-corrected chi connectivity index (χ4v) is 1.32. The van der Waals surface area contributed by atoms with Gasteiger partial charge >= 0.3 is 5.97 Å². The van der Waals surface area contributed by atoms with Crippen molar-refractivity contribution in [3.63, 3.8) is 0 Å². The third-order valence-electron chi connectivity index (χ3n) is 1.93. The highest BCUT2D eigenvalue weighted by molar-refractivity contribution is 5.68. The molecule has 0 amide bonds. The zero-order valence-electron chi connectivity index (χ0n) is 8.70. The van der Waals surface area contributed by atoms with Crippen LogP contribution in [0.4, 0.5) is 0 Å². The van der Waals surface area contributed by atoms with Crippen molar-refractivity contribution in [3.8, 4) is 0 Å². The summed E-state index contributed by atoms with van der Waals surface area (Å²) in [5.74, 6) is 0.450. The summed E-state index contributed by atoms with van der Waals surface area (Å²) in [6.45, 7) is 5.99. The van der Waals surface area contributed by atoms with Crippen LogP contribution in [-0.2, 0) is 17.6 Å². The van der Waals surface area contributed by atoms with Crippen LogP contribution in [0.2, 0.25) is 0 Å². The van der Waals surface area contributed by atoms with Gasteiger partial charge in [-0.3, -0.25) is 4.79 Å². The highest BCUT2D eigenvalue weighted by Gasteiger charge is 2.16. The number of hydrogen-bond acceptors (Lipinski definition) is 3. The molecule has 0 aliphatic carbocycles. The summed E-state index contributed by atoms with van der Waals surface area (Å²) >= 11 is 0. The smallest absolute Gasteiger partial charge is 0.312 e. The number of aryl methyl sites for hydroxylation is 1. The molecule has 0 unspecified atom stereocenters. The minimum absolute atomic E-state index is 0.139. The summed E-state index contributed by atoms with van der Waals surface area (Å²) in [6, 6.07) is 0. The van der Waals surface area contributed by atoms with Gasteiger partial charge in [-0.05, 0) is 6.42 Å². The van der Waals surface area contributed by atoms with Crippen molar-refractivity contribution in [2.75, 3.05) is 0 Å². The summed E-state index contributed by atoms with van der Waals surface area (Å²) in [7, 11) is 0. The maximum absolute atomic E-state index is 10.4. The first kappa shape index (κ1) is 10.8. The Morgan fingerprint density at radius 2 is 2.21 bits per heavy atom.